The smallest absolute Gasteiger partial charge is 0.201 e. The van der Waals surface area contributed by atoms with Gasteiger partial charge >= 0.3 is 0 Å². The van der Waals surface area contributed by atoms with Crippen molar-refractivity contribution in [3.63, 3.8) is 0 Å². The van der Waals surface area contributed by atoms with Gasteiger partial charge in [-0.2, -0.15) is 0 Å². The Morgan fingerprint density at radius 1 is 1.03 bits per heavy atom. The summed E-state index contributed by atoms with van der Waals surface area (Å²) < 4.78 is 5.99. The first-order chi connectivity index (χ1) is 14.0. The molecule has 0 aliphatic carbocycles. The van der Waals surface area contributed by atoms with Crippen molar-refractivity contribution in [3.05, 3.63) is 66.0 Å². The molecule has 1 aromatic carbocycles. The number of carbonyl (C=O) groups is 1. The number of rotatable bonds is 5. The number of hydrogen-bond acceptors (Lipinski definition) is 5. The Morgan fingerprint density at radius 2 is 1.76 bits per heavy atom. The fraction of sp³-hybridized carbons (Fsp3) is 0.500. The van der Waals surface area contributed by atoms with E-state index in [9.17, 15) is 4.79 Å². The summed E-state index contributed by atoms with van der Waals surface area (Å²) in [7, 11) is 0. The lowest BCUT2D eigenvalue weighted by molar-refractivity contribution is -0.113. The summed E-state index contributed by atoms with van der Waals surface area (Å²) in [4.78, 5) is 23.0. The van der Waals surface area contributed by atoms with Crippen molar-refractivity contribution in [2.45, 2.75) is 44.4 Å². The van der Waals surface area contributed by atoms with Gasteiger partial charge in [0.2, 0.25) is 5.78 Å². The van der Waals surface area contributed by atoms with Crippen LogP contribution in [0.15, 0.2) is 54.7 Å². The number of ketones is 1. The fourth-order valence-electron chi connectivity index (χ4n) is 4.86. The zero-order chi connectivity index (χ0) is 20.3. The van der Waals surface area contributed by atoms with E-state index >= 15 is 0 Å². The molecule has 1 aromatic heterocycles. The van der Waals surface area contributed by atoms with Crippen LogP contribution in [0.25, 0.3) is 0 Å². The van der Waals surface area contributed by atoms with E-state index in [2.05, 4.69) is 59.0 Å². The summed E-state index contributed by atoms with van der Waals surface area (Å²) >= 11 is 0. The predicted molar refractivity (Wildman–Crippen MR) is 114 cm³/mol. The third-order valence-electron chi connectivity index (χ3n) is 6.27. The molecule has 4 rings (SSSR count). The first-order valence-corrected chi connectivity index (χ1v) is 10.6. The zero-order valence-corrected chi connectivity index (χ0v) is 17.5. The lowest BCUT2D eigenvalue weighted by Crippen LogP contribution is -2.65. The highest BCUT2D eigenvalue weighted by Crippen LogP contribution is 2.39. The molecule has 29 heavy (non-hydrogen) atoms. The highest BCUT2D eigenvalue weighted by molar-refractivity contribution is 6.02. The van der Waals surface area contributed by atoms with Crippen LogP contribution in [0.2, 0.25) is 0 Å². The fourth-order valence-corrected chi connectivity index (χ4v) is 4.86. The second-order valence-electron chi connectivity index (χ2n) is 8.86. The Kier molecular flexibility index (Phi) is 5.81. The highest BCUT2D eigenvalue weighted by Gasteiger charge is 2.51. The van der Waals surface area contributed by atoms with Crippen LogP contribution in [0, 0.1) is 0 Å². The van der Waals surface area contributed by atoms with E-state index in [0.29, 0.717) is 18.7 Å². The van der Waals surface area contributed by atoms with Gasteiger partial charge < -0.3 is 4.74 Å². The number of ether oxygens (including phenoxy) is 1. The van der Waals surface area contributed by atoms with Crippen LogP contribution in [-0.2, 0) is 11.3 Å². The van der Waals surface area contributed by atoms with Gasteiger partial charge in [-0.3, -0.25) is 19.6 Å². The molecule has 2 aliphatic heterocycles. The predicted octanol–water partition coefficient (Wildman–Crippen LogP) is 3.41. The van der Waals surface area contributed by atoms with Gasteiger partial charge in [-0.1, -0.05) is 36.4 Å². The number of nitrogens with zero attached hydrogens (tertiary/aromatic N) is 3. The largest absolute Gasteiger partial charge is 0.375 e. The molecule has 154 valence electrons. The molecule has 2 fully saturated rings. The SMILES string of the molecule is CC1(C)CC(C(=O)c2ccccn2)(N2CCN(Cc3ccccc3)CC2)CCO1. The molecule has 0 radical (unpaired) electrons. The zero-order valence-electron chi connectivity index (χ0n) is 17.5. The van der Waals surface area contributed by atoms with Crippen LogP contribution in [-0.4, -0.2) is 64.5 Å². The first kappa shape index (κ1) is 20.2. The lowest BCUT2D eigenvalue weighted by Gasteiger charge is -2.52. The van der Waals surface area contributed by atoms with Crippen molar-refractivity contribution >= 4 is 5.78 Å². The number of Topliss-reactive ketones (excluding diaryl/α,β-unsaturated/α-hetero) is 1. The van der Waals surface area contributed by atoms with Crippen LogP contribution >= 0.6 is 0 Å². The van der Waals surface area contributed by atoms with E-state index < -0.39 is 5.54 Å². The molecule has 0 saturated carbocycles. The van der Waals surface area contributed by atoms with Gasteiger partial charge in [0, 0.05) is 51.9 Å². The standard InChI is InChI=1S/C24H31N3O2/c1-23(2)19-24(11-17-29-23,22(28)21-10-6-7-12-25-21)27-15-13-26(14-16-27)18-20-8-4-3-5-9-20/h3-10,12H,11,13-19H2,1-2H3. The second kappa shape index (κ2) is 8.34. The van der Waals surface area contributed by atoms with Gasteiger partial charge in [0.1, 0.15) is 5.69 Å². The molecule has 0 N–H and O–H groups in total. The summed E-state index contributed by atoms with van der Waals surface area (Å²) in [6.45, 7) is 9.47. The number of benzene rings is 1. The average Bonchev–Trinajstić information content (AvgIpc) is 2.74. The Balaban J connectivity index is 1.52. The molecule has 0 amide bonds. The maximum atomic E-state index is 13.7. The van der Waals surface area contributed by atoms with E-state index in [1.54, 1.807) is 6.20 Å². The van der Waals surface area contributed by atoms with E-state index in [4.69, 9.17) is 4.74 Å². The molecule has 2 saturated heterocycles. The van der Waals surface area contributed by atoms with E-state index in [1.165, 1.54) is 5.56 Å². The van der Waals surface area contributed by atoms with Crippen LogP contribution in [0.3, 0.4) is 0 Å². The van der Waals surface area contributed by atoms with Gasteiger partial charge in [0.05, 0.1) is 11.1 Å². The second-order valence-corrected chi connectivity index (χ2v) is 8.86. The molecule has 3 heterocycles. The summed E-state index contributed by atoms with van der Waals surface area (Å²) in [5.74, 6) is 0.144. The molecule has 2 aliphatic rings. The third-order valence-corrected chi connectivity index (χ3v) is 6.27. The van der Waals surface area contributed by atoms with Crippen molar-refractivity contribution < 1.29 is 9.53 Å². The molecule has 1 atom stereocenters. The summed E-state index contributed by atoms with van der Waals surface area (Å²) in [6.07, 6.45) is 3.14. The maximum Gasteiger partial charge on any atom is 0.201 e. The van der Waals surface area contributed by atoms with E-state index in [-0.39, 0.29) is 11.4 Å². The highest BCUT2D eigenvalue weighted by atomic mass is 16.5. The normalized spacial score (nSPS) is 25.6. The number of pyridine rings is 1. The number of carbonyl (C=O) groups excluding carboxylic acids is 1. The Labute approximate surface area is 173 Å². The third kappa shape index (κ3) is 4.42. The molecule has 1 unspecified atom stereocenters. The Morgan fingerprint density at radius 3 is 2.41 bits per heavy atom. The molecule has 5 heteroatoms. The quantitative estimate of drug-likeness (QED) is 0.729. The van der Waals surface area contributed by atoms with Gasteiger partial charge in [0.15, 0.2) is 0 Å². The number of piperazine rings is 1. The summed E-state index contributed by atoms with van der Waals surface area (Å²) in [6, 6.07) is 16.2. The van der Waals surface area contributed by atoms with Crippen molar-refractivity contribution in [1.29, 1.82) is 0 Å². The molecule has 0 bridgehead atoms. The van der Waals surface area contributed by atoms with Gasteiger partial charge in [-0.15, -0.1) is 0 Å². The summed E-state index contributed by atoms with van der Waals surface area (Å²) in [5, 5.41) is 0. The molecule has 0 spiro atoms. The summed E-state index contributed by atoms with van der Waals surface area (Å²) in [5.41, 5.74) is 1.06. The molecule has 2 aromatic rings. The lowest BCUT2D eigenvalue weighted by atomic mass is 9.75. The molecule has 5 nitrogen and oxygen atoms in total. The minimum atomic E-state index is -0.533. The molecular weight excluding hydrogens is 362 g/mol. The van der Waals surface area contributed by atoms with Gasteiger partial charge in [-0.05, 0) is 38.0 Å². The number of aromatic nitrogens is 1. The van der Waals surface area contributed by atoms with Gasteiger partial charge in [0.25, 0.3) is 0 Å². The van der Waals surface area contributed by atoms with Crippen LogP contribution < -0.4 is 0 Å². The minimum absolute atomic E-state index is 0.144. The van der Waals surface area contributed by atoms with Crippen molar-refractivity contribution in [3.8, 4) is 0 Å². The van der Waals surface area contributed by atoms with E-state index in [0.717, 1.165) is 39.1 Å². The van der Waals surface area contributed by atoms with Crippen molar-refractivity contribution in [2.24, 2.45) is 0 Å². The minimum Gasteiger partial charge on any atom is -0.375 e. The van der Waals surface area contributed by atoms with Crippen molar-refractivity contribution in [2.75, 3.05) is 32.8 Å². The van der Waals surface area contributed by atoms with Crippen LogP contribution in [0.4, 0.5) is 0 Å². The average molecular weight is 394 g/mol. The topological polar surface area (TPSA) is 45.7 Å². The van der Waals surface area contributed by atoms with E-state index in [1.807, 2.05) is 18.2 Å². The first-order valence-electron chi connectivity index (χ1n) is 10.6. The Bertz CT molecular complexity index is 817. The maximum absolute atomic E-state index is 13.7. The Hall–Kier alpha value is -2.08. The number of hydrogen-bond donors (Lipinski definition) is 0. The van der Waals surface area contributed by atoms with Gasteiger partial charge in [-0.25, -0.2) is 0 Å². The van der Waals surface area contributed by atoms with Crippen LogP contribution in [0.5, 0.6) is 0 Å². The molecular formula is C24H31N3O2. The monoisotopic (exact) mass is 393 g/mol. The van der Waals surface area contributed by atoms with Crippen LogP contribution in [0.1, 0.15) is 42.7 Å². The van der Waals surface area contributed by atoms with Crippen molar-refractivity contribution in [1.82, 2.24) is 14.8 Å².